The zero-order valence-electron chi connectivity index (χ0n) is 16.6. The molecule has 12 nitrogen and oxygen atoms in total. The molecule has 0 saturated carbocycles. The Kier molecular flexibility index (Phi) is 9.51. The van der Waals surface area contributed by atoms with Crippen LogP contribution in [-0.2, 0) is 24.4 Å². The maximum absolute atomic E-state index is 12.4. The summed E-state index contributed by atoms with van der Waals surface area (Å²) >= 11 is 12.4. The van der Waals surface area contributed by atoms with Gasteiger partial charge in [0.2, 0.25) is 10.0 Å². The number of guanidine groups is 1. The molecule has 1 aliphatic rings. The Balaban J connectivity index is 1.84. The summed E-state index contributed by atoms with van der Waals surface area (Å²) in [5.41, 5.74) is 10.6. The van der Waals surface area contributed by atoms with Crippen molar-refractivity contribution in [3.63, 3.8) is 0 Å². The number of hydrogen-bond donors (Lipinski definition) is 5. The first-order chi connectivity index (χ1) is 15.0. The van der Waals surface area contributed by atoms with Crippen LogP contribution in [0.4, 0.5) is 0 Å². The highest BCUT2D eigenvalue weighted by Crippen LogP contribution is 2.34. The van der Waals surface area contributed by atoms with Gasteiger partial charge in [-0.25, -0.2) is 8.42 Å². The molecule has 0 bridgehead atoms. The van der Waals surface area contributed by atoms with Gasteiger partial charge in [0.25, 0.3) is 5.91 Å². The molecule has 1 amide bonds. The van der Waals surface area contributed by atoms with Gasteiger partial charge in [-0.2, -0.15) is 4.72 Å². The molecule has 1 aliphatic heterocycles. The van der Waals surface area contributed by atoms with Gasteiger partial charge < -0.3 is 26.7 Å². The van der Waals surface area contributed by atoms with Gasteiger partial charge in [0, 0.05) is 19.5 Å². The number of unbranched alkanes of at least 4 members (excludes halogenated alkanes) is 1. The molecule has 32 heavy (non-hydrogen) atoms. The number of carbonyl (C=O) groups is 2. The lowest BCUT2D eigenvalue weighted by molar-refractivity contribution is -0.138. The van der Waals surface area contributed by atoms with Gasteiger partial charge in [0.1, 0.15) is 27.1 Å². The molecule has 2 rings (SSSR count). The van der Waals surface area contributed by atoms with Gasteiger partial charge in [0.15, 0.2) is 5.96 Å². The minimum absolute atomic E-state index is 0.0218. The van der Waals surface area contributed by atoms with Crippen LogP contribution in [0.3, 0.4) is 0 Å². The van der Waals surface area contributed by atoms with E-state index in [1.165, 1.54) is 0 Å². The molecule has 2 heterocycles. The second-order valence-electron chi connectivity index (χ2n) is 6.68. The van der Waals surface area contributed by atoms with Gasteiger partial charge in [-0.05, 0) is 25.3 Å². The molecular formula is C16H22Cl2N6O6S2. The summed E-state index contributed by atoms with van der Waals surface area (Å²) in [6, 6.07) is -0.538. The van der Waals surface area contributed by atoms with Crippen LogP contribution >= 0.6 is 34.5 Å². The van der Waals surface area contributed by atoms with E-state index in [1.54, 1.807) is 0 Å². The topological polar surface area (TPSA) is 199 Å². The van der Waals surface area contributed by atoms with Crippen LogP contribution < -0.4 is 21.5 Å². The standard InChI is InChI=1S/C16H22Cl2N6O6S2/c17-12-6-11(13(18)31-12)32(28,29)24-10(15(26)27)7-22-14(25)9-5-8(30-23-9)3-1-2-4-21-16(19)20/h6,8,10,24H,1-5,7H2,(H,22,25)(H,26,27)(H4,19,20,21)/t8?,10-/m0/s1. The van der Waals surface area contributed by atoms with Crippen LogP contribution in [0.2, 0.25) is 8.67 Å². The van der Waals surface area contributed by atoms with Gasteiger partial charge in [-0.1, -0.05) is 28.4 Å². The number of aliphatic carboxylic acids is 1. The maximum Gasteiger partial charge on any atom is 0.323 e. The van der Waals surface area contributed by atoms with Crippen molar-refractivity contribution in [1.82, 2.24) is 10.0 Å². The maximum atomic E-state index is 12.4. The minimum atomic E-state index is -4.28. The van der Waals surface area contributed by atoms with Crippen LogP contribution in [0.25, 0.3) is 0 Å². The summed E-state index contributed by atoms with van der Waals surface area (Å²) in [5, 5.41) is 15.4. The van der Waals surface area contributed by atoms with Gasteiger partial charge >= 0.3 is 5.97 Å². The number of aliphatic imine (C=N–C) groups is 1. The molecule has 0 fully saturated rings. The Morgan fingerprint density at radius 1 is 1.38 bits per heavy atom. The molecule has 2 atom stereocenters. The van der Waals surface area contributed by atoms with Crippen molar-refractivity contribution in [2.24, 2.45) is 21.6 Å². The van der Waals surface area contributed by atoms with Crippen LogP contribution in [0.1, 0.15) is 25.7 Å². The summed E-state index contributed by atoms with van der Waals surface area (Å²) in [5.74, 6) is -2.13. The molecule has 0 aliphatic carbocycles. The average molecular weight is 529 g/mol. The smallest absolute Gasteiger partial charge is 0.323 e. The van der Waals surface area contributed by atoms with Crippen LogP contribution in [0.5, 0.6) is 0 Å². The highest BCUT2D eigenvalue weighted by molar-refractivity contribution is 7.89. The van der Waals surface area contributed by atoms with Crippen LogP contribution in [-0.4, -0.2) is 62.3 Å². The largest absolute Gasteiger partial charge is 0.480 e. The lowest BCUT2D eigenvalue weighted by atomic mass is 10.1. The fourth-order valence-corrected chi connectivity index (χ4v) is 5.98. The molecule has 178 valence electrons. The Morgan fingerprint density at radius 2 is 2.09 bits per heavy atom. The van der Waals surface area contributed by atoms with Crippen molar-refractivity contribution in [2.75, 3.05) is 13.1 Å². The Labute approximate surface area is 198 Å². The molecule has 7 N–H and O–H groups in total. The van der Waals surface area contributed by atoms with Gasteiger partial charge in [0.05, 0.1) is 4.34 Å². The molecule has 16 heteroatoms. The fourth-order valence-electron chi connectivity index (χ4n) is 2.64. The van der Waals surface area contributed by atoms with E-state index < -0.39 is 34.5 Å². The SMILES string of the molecule is NC(N)=NCCCCC1CC(C(=O)NC[C@H](NS(=O)(=O)c2cc(Cl)sc2Cl)C(=O)O)=NO1. The first-order valence-corrected chi connectivity index (χ1v) is 12.3. The fraction of sp³-hybridized carbons (Fsp3) is 0.500. The van der Waals surface area contributed by atoms with Crippen molar-refractivity contribution in [3.8, 4) is 0 Å². The number of nitrogens with one attached hydrogen (secondary N) is 2. The summed E-state index contributed by atoms with van der Waals surface area (Å²) < 4.78 is 26.8. The Hall–Kier alpha value is -2.13. The molecule has 0 radical (unpaired) electrons. The molecular weight excluding hydrogens is 507 g/mol. The van der Waals surface area contributed by atoms with Gasteiger partial charge in [-0.3, -0.25) is 14.6 Å². The average Bonchev–Trinajstić information content (AvgIpc) is 3.30. The second-order valence-corrected chi connectivity index (χ2v) is 10.7. The lowest BCUT2D eigenvalue weighted by Crippen LogP contribution is -2.49. The first kappa shape index (κ1) is 26.1. The van der Waals surface area contributed by atoms with E-state index in [2.05, 4.69) is 15.5 Å². The van der Waals surface area contributed by atoms with Crippen molar-refractivity contribution < 1.29 is 28.0 Å². The van der Waals surface area contributed by atoms with E-state index in [-0.39, 0.29) is 37.8 Å². The van der Waals surface area contributed by atoms with Crippen molar-refractivity contribution >= 4 is 68.1 Å². The second kappa shape index (κ2) is 11.7. The monoisotopic (exact) mass is 528 g/mol. The van der Waals surface area contributed by atoms with Crippen LogP contribution in [0.15, 0.2) is 21.1 Å². The summed E-state index contributed by atoms with van der Waals surface area (Å²) in [6.45, 7) is -0.0381. The Bertz CT molecular complexity index is 1010. The van der Waals surface area contributed by atoms with E-state index in [9.17, 15) is 23.1 Å². The number of carboxylic acids is 1. The number of hydrogen-bond acceptors (Lipinski definition) is 8. The number of amides is 1. The number of oxime groups is 1. The first-order valence-electron chi connectivity index (χ1n) is 9.26. The number of sulfonamides is 1. The number of thiophene rings is 1. The molecule has 1 aromatic rings. The number of halogens is 2. The van der Waals surface area contributed by atoms with E-state index in [0.717, 1.165) is 30.2 Å². The summed E-state index contributed by atoms with van der Waals surface area (Å²) in [7, 11) is -4.28. The minimum Gasteiger partial charge on any atom is -0.480 e. The number of nitrogens with two attached hydrogens (primary N) is 2. The molecule has 0 aromatic carbocycles. The third kappa shape index (κ3) is 7.78. The third-order valence-electron chi connectivity index (χ3n) is 4.20. The van der Waals surface area contributed by atoms with E-state index in [1.807, 2.05) is 4.72 Å². The number of carboxylic acid groups (broad SMARTS) is 1. The number of nitrogens with zero attached hydrogens (tertiary/aromatic N) is 2. The van der Waals surface area contributed by atoms with Gasteiger partial charge in [-0.15, -0.1) is 11.3 Å². The highest BCUT2D eigenvalue weighted by atomic mass is 35.5. The third-order valence-corrected chi connectivity index (χ3v) is 7.43. The van der Waals surface area contributed by atoms with E-state index in [0.29, 0.717) is 13.0 Å². The quantitative estimate of drug-likeness (QED) is 0.146. The predicted octanol–water partition coefficient (Wildman–Crippen LogP) is 0.491. The van der Waals surface area contributed by atoms with E-state index in [4.69, 9.17) is 39.5 Å². The van der Waals surface area contributed by atoms with Crippen molar-refractivity contribution in [2.45, 2.75) is 42.7 Å². The molecule has 1 aromatic heterocycles. The van der Waals surface area contributed by atoms with E-state index >= 15 is 0 Å². The highest BCUT2D eigenvalue weighted by Gasteiger charge is 2.30. The molecule has 0 spiro atoms. The summed E-state index contributed by atoms with van der Waals surface area (Å²) in [6.07, 6.45) is 2.06. The predicted molar refractivity (Wildman–Crippen MR) is 121 cm³/mol. The lowest BCUT2D eigenvalue weighted by Gasteiger charge is -2.15. The number of rotatable bonds is 12. The zero-order chi connectivity index (χ0) is 23.9. The Morgan fingerprint density at radius 3 is 2.69 bits per heavy atom. The normalized spacial score (nSPS) is 16.7. The molecule has 0 saturated heterocycles. The van der Waals surface area contributed by atoms with Crippen molar-refractivity contribution in [1.29, 1.82) is 0 Å². The number of carbonyl (C=O) groups excluding carboxylic acids is 1. The van der Waals surface area contributed by atoms with Crippen LogP contribution in [0, 0.1) is 0 Å². The molecule has 1 unspecified atom stereocenters. The van der Waals surface area contributed by atoms with Crippen molar-refractivity contribution in [3.05, 3.63) is 14.7 Å². The summed E-state index contributed by atoms with van der Waals surface area (Å²) in [4.78, 5) is 32.5. The zero-order valence-corrected chi connectivity index (χ0v) is 19.7.